The Hall–Kier alpha value is -1.26. The van der Waals surface area contributed by atoms with Crippen molar-refractivity contribution in [2.24, 2.45) is 0 Å². The summed E-state index contributed by atoms with van der Waals surface area (Å²) in [5.74, 6) is 3.75. The second-order valence-corrected chi connectivity index (χ2v) is 6.94. The van der Waals surface area contributed by atoms with E-state index < -0.39 is 0 Å². The second kappa shape index (κ2) is 6.02. The van der Waals surface area contributed by atoms with Crippen LogP contribution in [-0.2, 0) is 23.0 Å². The molecule has 1 aliphatic heterocycles. The van der Waals surface area contributed by atoms with Crippen LogP contribution in [0, 0.1) is 0 Å². The van der Waals surface area contributed by atoms with Gasteiger partial charge in [0.2, 0.25) is 0 Å². The molecule has 0 radical (unpaired) electrons. The van der Waals surface area contributed by atoms with E-state index in [1.165, 1.54) is 22.3 Å². The van der Waals surface area contributed by atoms with Gasteiger partial charge in [-0.2, -0.15) is 23.5 Å². The minimum atomic E-state index is 0.938. The number of nitrogen functional groups attached to an aromatic ring is 2. The van der Waals surface area contributed by atoms with Crippen LogP contribution >= 0.6 is 23.5 Å². The van der Waals surface area contributed by atoms with E-state index >= 15 is 0 Å². The van der Waals surface area contributed by atoms with Gasteiger partial charge in [-0.25, -0.2) is 0 Å². The molecule has 0 saturated heterocycles. The standard InChI is InChI=1S/C16H18N2S2/c17-15-11-3-1-4-12(15)8-20-10-14-6-2-5-13(16(14)18)9-19-7-11/h1-6H,7-10,17-18H2. The topological polar surface area (TPSA) is 52.0 Å². The molecule has 20 heavy (non-hydrogen) atoms. The number of para-hydroxylation sites is 2. The molecule has 0 aromatic heterocycles. The first-order chi connectivity index (χ1) is 9.75. The Morgan fingerprint density at radius 2 is 0.900 bits per heavy atom. The van der Waals surface area contributed by atoms with Gasteiger partial charge in [0.15, 0.2) is 0 Å². The molecule has 0 unspecified atom stereocenters. The van der Waals surface area contributed by atoms with Crippen molar-refractivity contribution in [2.45, 2.75) is 23.0 Å². The highest BCUT2D eigenvalue weighted by molar-refractivity contribution is 7.98. The van der Waals surface area contributed by atoms with Crippen LogP contribution in [-0.4, -0.2) is 0 Å². The third-order valence-corrected chi connectivity index (χ3v) is 5.66. The summed E-state index contributed by atoms with van der Waals surface area (Å²) in [6.45, 7) is 0. The smallest absolute Gasteiger partial charge is 0.0396 e. The fraction of sp³-hybridized carbons (Fsp3) is 0.250. The molecule has 2 aromatic rings. The summed E-state index contributed by atoms with van der Waals surface area (Å²) in [6, 6.07) is 12.7. The van der Waals surface area contributed by atoms with Crippen molar-refractivity contribution >= 4 is 34.9 Å². The molecule has 3 rings (SSSR count). The van der Waals surface area contributed by atoms with E-state index in [9.17, 15) is 0 Å². The average Bonchev–Trinajstić information content (AvgIpc) is 2.45. The average molecular weight is 302 g/mol. The maximum atomic E-state index is 6.28. The molecule has 4 N–H and O–H groups in total. The van der Waals surface area contributed by atoms with Crippen LogP contribution in [0.3, 0.4) is 0 Å². The second-order valence-electron chi connectivity index (χ2n) is 4.97. The van der Waals surface area contributed by atoms with Crippen LogP contribution in [0.5, 0.6) is 0 Å². The van der Waals surface area contributed by atoms with Crippen LogP contribution in [0.1, 0.15) is 22.3 Å². The first kappa shape index (κ1) is 13.7. The van der Waals surface area contributed by atoms with Crippen molar-refractivity contribution < 1.29 is 0 Å². The van der Waals surface area contributed by atoms with Gasteiger partial charge >= 0.3 is 0 Å². The van der Waals surface area contributed by atoms with Crippen molar-refractivity contribution in [3.8, 4) is 0 Å². The lowest BCUT2D eigenvalue weighted by Gasteiger charge is -2.15. The van der Waals surface area contributed by atoms with Crippen molar-refractivity contribution in [1.82, 2.24) is 0 Å². The minimum Gasteiger partial charge on any atom is -0.398 e. The lowest BCUT2D eigenvalue weighted by Crippen LogP contribution is -2.02. The van der Waals surface area contributed by atoms with E-state index in [0.717, 1.165) is 34.4 Å². The third-order valence-electron chi connectivity index (χ3n) is 3.60. The maximum Gasteiger partial charge on any atom is 0.0396 e. The molecule has 1 heterocycles. The van der Waals surface area contributed by atoms with E-state index in [4.69, 9.17) is 11.5 Å². The Morgan fingerprint density at radius 3 is 1.20 bits per heavy atom. The highest BCUT2D eigenvalue weighted by Gasteiger charge is 2.10. The van der Waals surface area contributed by atoms with Gasteiger partial charge in [0, 0.05) is 34.4 Å². The van der Waals surface area contributed by atoms with Crippen molar-refractivity contribution in [1.29, 1.82) is 0 Å². The SMILES string of the molecule is Nc1c2cccc1CSCc1cccc(c1N)CSC2. The Morgan fingerprint density at radius 1 is 0.600 bits per heavy atom. The number of rotatable bonds is 0. The van der Waals surface area contributed by atoms with Gasteiger partial charge in [0.05, 0.1) is 0 Å². The molecule has 104 valence electrons. The number of hydrogen-bond acceptors (Lipinski definition) is 4. The summed E-state index contributed by atoms with van der Waals surface area (Å²) >= 11 is 3.75. The van der Waals surface area contributed by atoms with E-state index in [-0.39, 0.29) is 0 Å². The molecule has 0 spiro atoms. The van der Waals surface area contributed by atoms with Crippen LogP contribution in [0.15, 0.2) is 36.4 Å². The van der Waals surface area contributed by atoms with Crippen molar-refractivity contribution in [3.05, 3.63) is 58.7 Å². The molecule has 2 nitrogen and oxygen atoms in total. The highest BCUT2D eigenvalue weighted by Crippen LogP contribution is 2.32. The molecule has 0 fully saturated rings. The molecule has 0 saturated carbocycles. The lowest BCUT2D eigenvalue weighted by atomic mass is 10.1. The summed E-state index contributed by atoms with van der Waals surface area (Å²) in [6.07, 6.45) is 0. The molecule has 4 heteroatoms. The predicted octanol–water partition coefficient (Wildman–Crippen LogP) is 4.03. The van der Waals surface area contributed by atoms with Gasteiger partial charge in [0.25, 0.3) is 0 Å². The van der Waals surface area contributed by atoms with Crippen molar-refractivity contribution in [3.63, 3.8) is 0 Å². The highest BCUT2D eigenvalue weighted by atomic mass is 32.2. The van der Waals surface area contributed by atoms with Crippen LogP contribution in [0.2, 0.25) is 0 Å². The zero-order valence-corrected chi connectivity index (χ0v) is 12.9. The first-order valence-electron chi connectivity index (χ1n) is 6.63. The molecule has 0 atom stereocenters. The number of benzene rings is 2. The summed E-state index contributed by atoms with van der Waals surface area (Å²) in [5.41, 5.74) is 19.4. The lowest BCUT2D eigenvalue weighted by molar-refractivity contribution is 1.29. The Labute approximate surface area is 128 Å². The van der Waals surface area contributed by atoms with Crippen LogP contribution in [0.4, 0.5) is 11.4 Å². The predicted molar refractivity (Wildman–Crippen MR) is 91.7 cm³/mol. The summed E-state index contributed by atoms with van der Waals surface area (Å²) in [4.78, 5) is 0. The fourth-order valence-electron chi connectivity index (χ4n) is 2.38. The number of nitrogens with two attached hydrogens (primary N) is 2. The summed E-state index contributed by atoms with van der Waals surface area (Å²) < 4.78 is 0. The first-order valence-corrected chi connectivity index (χ1v) is 8.94. The summed E-state index contributed by atoms with van der Waals surface area (Å²) in [5, 5.41) is 0. The van der Waals surface area contributed by atoms with Gasteiger partial charge in [0.1, 0.15) is 0 Å². The number of thioether (sulfide) groups is 2. The normalized spacial score (nSPS) is 15.2. The zero-order chi connectivity index (χ0) is 13.9. The molecule has 2 aromatic carbocycles. The molecule has 0 aliphatic carbocycles. The maximum absolute atomic E-state index is 6.28. The van der Waals surface area contributed by atoms with E-state index in [2.05, 4.69) is 36.4 Å². The molecular weight excluding hydrogens is 284 g/mol. The minimum absolute atomic E-state index is 0.938. The van der Waals surface area contributed by atoms with Crippen molar-refractivity contribution in [2.75, 3.05) is 11.5 Å². The summed E-state index contributed by atoms with van der Waals surface area (Å²) in [7, 11) is 0. The Kier molecular flexibility index (Phi) is 4.13. The van der Waals surface area contributed by atoms with Crippen LogP contribution < -0.4 is 11.5 Å². The molecular formula is C16H18N2S2. The largest absolute Gasteiger partial charge is 0.398 e. The monoisotopic (exact) mass is 302 g/mol. The number of anilines is 2. The number of hydrogen-bond donors (Lipinski definition) is 2. The third kappa shape index (κ3) is 2.76. The molecule has 4 bridgehead atoms. The molecule has 0 amide bonds. The quantitative estimate of drug-likeness (QED) is 0.721. The van der Waals surface area contributed by atoms with Crippen LogP contribution in [0.25, 0.3) is 0 Å². The van der Waals surface area contributed by atoms with Gasteiger partial charge in [-0.05, 0) is 22.3 Å². The van der Waals surface area contributed by atoms with E-state index in [1.54, 1.807) is 0 Å². The van der Waals surface area contributed by atoms with Gasteiger partial charge in [-0.15, -0.1) is 0 Å². The Bertz CT molecular complexity index is 526. The fourth-order valence-corrected chi connectivity index (χ4v) is 4.47. The van der Waals surface area contributed by atoms with Gasteiger partial charge < -0.3 is 11.5 Å². The van der Waals surface area contributed by atoms with E-state index in [0.29, 0.717) is 0 Å². The Balaban J connectivity index is 1.93. The van der Waals surface area contributed by atoms with E-state index in [1.807, 2.05) is 23.5 Å². The van der Waals surface area contributed by atoms with Gasteiger partial charge in [-0.1, -0.05) is 36.4 Å². The zero-order valence-electron chi connectivity index (χ0n) is 11.3. The van der Waals surface area contributed by atoms with Gasteiger partial charge in [-0.3, -0.25) is 0 Å². The molecule has 1 aliphatic rings. The number of fused-ring (bicyclic) bond motifs is 4.